The molecule has 0 atom stereocenters. The molecule has 1 N–H and O–H groups in total. The summed E-state index contributed by atoms with van der Waals surface area (Å²) in [5.74, 6) is -2.12. The van der Waals surface area contributed by atoms with Crippen molar-refractivity contribution in [2.75, 3.05) is 11.9 Å². The van der Waals surface area contributed by atoms with Crippen LogP contribution >= 0.6 is 11.3 Å². The van der Waals surface area contributed by atoms with E-state index in [1.807, 2.05) is 37.3 Å². The summed E-state index contributed by atoms with van der Waals surface area (Å²) < 4.78 is 18.4. The average molecular weight is 370 g/mol. The molecular formula is C19H15FN2O3S. The smallest absolute Gasteiger partial charge is 0.341 e. The minimum Gasteiger partial charge on any atom is -0.452 e. The van der Waals surface area contributed by atoms with Gasteiger partial charge in [0.15, 0.2) is 11.7 Å². The highest BCUT2D eigenvalue weighted by molar-refractivity contribution is 7.16. The third-order valence-electron chi connectivity index (χ3n) is 3.52. The third kappa shape index (κ3) is 4.12. The van der Waals surface area contributed by atoms with Crippen LogP contribution in [0.2, 0.25) is 0 Å². The molecule has 7 heteroatoms. The fourth-order valence-electron chi connectivity index (χ4n) is 2.30. The number of ether oxygens (including phenoxy) is 1. The van der Waals surface area contributed by atoms with Crippen molar-refractivity contribution in [3.63, 3.8) is 0 Å². The molecule has 3 rings (SSSR count). The fourth-order valence-corrected chi connectivity index (χ4v) is 3.16. The second-order valence-corrected chi connectivity index (χ2v) is 6.60. The molecule has 0 fully saturated rings. The number of amides is 1. The molecule has 0 saturated heterocycles. The normalized spacial score (nSPS) is 10.4. The van der Waals surface area contributed by atoms with E-state index >= 15 is 0 Å². The number of rotatable bonds is 5. The second-order valence-electron chi connectivity index (χ2n) is 5.39. The van der Waals surface area contributed by atoms with Crippen LogP contribution in [0.15, 0.2) is 54.6 Å². The summed E-state index contributed by atoms with van der Waals surface area (Å²) in [4.78, 5) is 29.1. The van der Waals surface area contributed by atoms with Gasteiger partial charge in [0.05, 0.1) is 11.3 Å². The Kier molecular flexibility index (Phi) is 5.38. The van der Waals surface area contributed by atoms with Gasteiger partial charge in [-0.1, -0.05) is 42.5 Å². The van der Waals surface area contributed by atoms with Gasteiger partial charge in [0.1, 0.15) is 5.82 Å². The predicted molar refractivity (Wildman–Crippen MR) is 97.6 cm³/mol. The maximum atomic E-state index is 13.5. The first kappa shape index (κ1) is 17.8. The van der Waals surface area contributed by atoms with E-state index in [0.29, 0.717) is 5.13 Å². The first-order valence-electron chi connectivity index (χ1n) is 7.79. The number of anilines is 1. The lowest BCUT2D eigenvalue weighted by Crippen LogP contribution is -2.21. The Morgan fingerprint density at radius 3 is 2.54 bits per heavy atom. The maximum absolute atomic E-state index is 13.5. The van der Waals surface area contributed by atoms with Crippen molar-refractivity contribution in [1.82, 2.24) is 4.98 Å². The van der Waals surface area contributed by atoms with Crippen molar-refractivity contribution < 1.29 is 18.7 Å². The van der Waals surface area contributed by atoms with Crippen LogP contribution in [0.5, 0.6) is 0 Å². The van der Waals surface area contributed by atoms with Crippen LogP contribution in [0.1, 0.15) is 15.2 Å². The molecule has 1 aromatic heterocycles. The van der Waals surface area contributed by atoms with Crippen LogP contribution in [0, 0.1) is 12.7 Å². The number of carbonyl (C=O) groups excluding carboxylic acids is 2. The zero-order valence-electron chi connectivity index (χ0n) is 13.9. The second kappa shape index (κ2) is 7.88. The van der Waals surface area contributed by atoms with E-state index in [2.05, 4.69) is 10.3 Å². The summed E-state index contributed by atoms with van der Waals surface area (Å²) in [6.45, 7) is 1.39. The molecule has 1 amide bonds. The van der Waals surface area contributed by atoms with E-state index in [-0.39, 0.29) is 5.56 Å². The van der Waals surface area contributed by atoms with Crippen LogP contribution in [-0.4, -0.2) is 23.5 Å². The van der Waals surface area contributed by atoms with Crippen LogP contribution in [-0.2, 0) is 9.53 Å². The van der Waals surface area contributed by atoms with E-state index in [1.165, 1.54) is 29.5 Å². The Balaban J connectivity index is 1.61. The van der Waals surface area contributed by atoms with Gasteiger partial charge in [-0.25, -0.2) is 14.2 Å². The van der Waals surface area contributed by atoms with Crippen molar-refractivity contribution >= 4 is 28.3 Å². The lowest BCUT2D eigenvalue weighted by molar-refractivity contribution is -0.119. The molecule has 0 spiro atoms. The van der Waals surface area contributed by atoms with Gasteiger partial charge in [-0.05, 0) is 19.1 Å². The van der Waals surface area contributed by atoms with Crippen molar-refractivity contribution in [2.45, 2.75) is 6.92 Å². The summed E-state index contributed by atoms with van der Waals surface area (Å²) in [6, 6.07) is 15.0. The molecule has 0 aliphatic carbocycles. The van der Waals surface area contributed by atoms with E-state index < -0.39 is 24.3 Å². The molecule has 0 radical (unpaired) electrons. The minimum absolute atomic E-state index is 0.211. The Bertz CT molecular complexity index is 941. The molecule has 0 aliphatic heterocycles. The highest BCUT2D eigenvalue weighted by Crippen LogP contribution is 2.30. The van der Waals surface area contributed by atoms with Crippen LogP contribution in [0.4, 0.5) is 9.52 Å². The summed E-state index contributed by atoms with van der Waals surface area (Å²) in [5, 5.41) is 3.00. The standard InChI is InChI=1S/C19H15FN2O3S/c1-12-17(13-7-3-2-4-8-13)22-19(26-12)21-16(23)11-25-18(24)14-9-5-6-10-15(14)20/h2-10H,11H2,1H3,(H,21,22,23). The Hall–Kier alpha value is -3.06. The number of carbonyl (C=O) groups is 2. The number of benzene rings is 2. The zero-order chi connectivity index (χ0) is 18.5. The van der Waals surface area contributed by atoms with Gasteiger partial charge in [-0.2, -0.15) is 0 Å². The number of nitrogens with one attached hydrogen (secondary N) is 1. The van der Waals surface area contributed by atoms with Gasteiger partial charge in [0, 0.05) is 10.4 Å². The highest BCUT2D eigenvalue weighted by Gasteiger charge is 2.16. The summed E-state index contributed by atoms with van der Waals surface area (Å²) in [6.07, 6.45) is 0. The van der Waals surface area contributed by atoms with Crippen molar-refractivity contribution in [3.05, 3.63) is 70.9 Å². The predicted octanol–water partition coefficient (Wildman–Crippen LogP) is 4.05. The number of esters is 1. The Morgan fingerprint density at radius 1 is 1.12 bits per heavy atom. The van der Waals surface area contributed by atoms with Crippen LogP contribution < -0.4 is 5.32 Å². The van der Waals surface area contributed by atoms with E-state index in [1.54, 1.807) is 0 Å². The number of aryl methyl sites for hydroxylation is 1. The molecule has 0 unspecified atom stereocenters. The number of halogens is 1. The molecule has 0 aliphatic rings. The molecule has 132 valence electrons. The summed E-state index contributed by atoms with van der Waals surface area (Å²) in [7, 11) is 0. The number of hydrogen-bond donors (Lipinski definition) is 1. The lowest BCUT2D eigenvalue weighted by atomic mass is 10.1. The number of aromatic nitrogens is 1. The Labute approximate surface area is 153 Å². The van der Waals surface area contributed by atoms with Gasteiger partial charge in [-0.15, -0.1) is 11.3 Å². The first-order chi connectivity index (χ1) is 12.5. The first-order valence-corrected chi connectivity index (χ1v) is 8.60. The van der Waals surface area contributed by atoms with Gasteiger partial charge < -0.3 is 4.74 Å². The molecule has 1 heterocycles. The Morgan fingerprint density at radius 2 is 1.81 bits per heavy atom. The van der Waals surface area contributed by atoms with Gasteiger partial charge >= 0.3 is 5.97 Å². The maximum Gasteiger partial charge on any atom is 0.341 e. The van der Waals surface area contributed by atoms with E-state index in [0.717, 1.165) is 22.2 Å². The topological polar surface area (TPSA) is 68.3 Å². The molecule has 0 saturated carbocycles. The highest BCUT2D eigenvalue weighted by atomic mass is 32.1. The molecule has 2 aromatic carbocycles. The largest absolute Gasteiger partial charge is 0.452 e. The molecule has 5 nitrogen and oxygen atoms in total. The average Bonchev–Trinajstić information content (AvgIpc) is 3.01. The third-order valence-corrected chi connectivity index (χ3v) is 4.40. The zero-order valence-corrected chi connectivity index (χ0v) is 14.7. The molecule has 0 bridgehead atoms. The molecule has 26 heavy (non-hydrogen) atoms. The van der Waals surface area contributed by atoms with Gasteiger partial charge in [0.2, 0.25) is 0 Å². The monoisotopic (exact) mass is 370 g/mol. The van der Waals surface area contributed by atoms with E-state index in [9.17, 15) is 14.0 Å². The van der Waals surface area contributed by atoms with Crippen LogP contribution in [0.3, 0.4) is 0 Å². The number of nitrogens with zero attached hydrogens (tertiary/aromatic N) is 1. The quantitative estimate of drug-likeness (QED) is 0.688. The summed E-state index contributed by atoms with van der Waals surface area (Å²) >= 11 is 1.33. The van der Waals surface area contributed by atoms with Crippen LogP contribution in [0.25, 0.3) is 11.3 Å². The molecular weight excluding hydrogens is 355 g/mol. The summed E-state index contributed by atoms with van der Waals surface area (Å²) in [5.41, 5.74) is 1.53. The number of hydrogen-bond acceptors (Lipinski definition) is 5. The van der Waals surface area contributed by atoms with Gasteiger partial charge in [-0.3, -0.25) is 10.1 Å². The van der Waals surface area contributed by atoms with Gasteiger partial charge in [0.25, 0.3) is 5.91 Å². The van der Waals surface area contributed by atoms with Crippen molar-refractivity contribution in [2.24, 2.45) is 0 Å². The molecule has 3 aromatic rings. The van der Waals surface area contributed by atoms with Crippen molar-refractivity contribution in [3.8, 4) is 11.3 Å². The number of thiazole rings is 1. The van der Waals surface area contributed by atoms with E-state index in [4.69, 9.17) is 4.74 Å². The minimum atomic E-state index is -0.890. The lowest BCUT2D eigenvalue weighted by Gasteiger charge is -2.05. The van der Waals surface area contributed by atoms with Crippen molar-refractivity contribution in [1.29, 1.82) is 0 Å². The SMILES string of the molecule is Cc1sc(NC(=O)COC(=O)c2ccccc2F)nc1-c1ccccc1. The fraction of sp³-hybridized carbons (Fsp3) is 0.105.